The molecule has 1 atom stereocenters. The summed E-state index contributed by atoms with van der Waals surface area (Å²) in [5, 5.41) is 7.76. The zero-order chi connectivity index (χ0) is 12.5. The van der Waals surface area contributed by atoms with Crippen LogP contribution >= 0.6 is 0 Å². The van der Waals surface area contributed by atoms with Crippen LogP contribution in [0.3, 0.4) is 0 Å². The van der Waals surface area contributed by atoms with Crippen LogP contribution in [-0.2, 0) is 11.3 Å². The molecule has 1 aromatic rings. The van der Waals surface area contributed by atoms with Gasteiger partial charge in [-0.05, 0) is 33.2 Å². The highest BCUT2D eigenvalue weighted by molar-refractivity contribution is 5.08. The van der Waals surface area contributed by atoms with Gasteiger partial charge in [0.2, 0.25) is 0 Å². The first-order valence-corrected chi connectivity index (χ1v) is 6.61. The summed E-state index contributed by atoms with van der Waals surface area (Å²) >= 11 is 0. The van der Waals surface area contributed by atoms with Crippen molar-refractivity contribution in [1.29, 1.82) is 0 Å². The van der Waals surface area contributed by atoms with E-state index in [0.717, 1.165) is 39.1 Å². The van der Waals surface area contributed by atoms with Crippen molar-refractivity contribution in [3.8, 4) is 0 Å². The van der Waals surface area contributed by atoms with E-state index in [1.807, 2.05) is 10.9 Å². The van der Waals surface area contributed by atoms with Gasteiger partial charge in [0.05, 0.1) is 6.20 Å². The molecule has 0 spiro atoms. The van der Waals surface area contributed by atoms with E-state index in [1.165, 1.54) is 5.56 Å². The Balaban J connectivity index is 2.14. The van der Waals surface area contributed by atoms with E-state index in [4.69, 9.17) is 4.74 Å². The molecule has 0 saturated carbocycles. The molecular weight excluding hydrogens is 214 g/mol. The summed E-state index contributed by atoms with van der Waals surface area (Å²) in [6, 6.07) is 0.362. The van der Waals surface area contributed by atoms with E-state index < -0.39 is 0 Å². The standard InChI is InChI=1S/C13H25N3O/c1-4-8-17-9-6-7-14-12(3)13-10-15-16(5-2)11-13/h10-12,14H,4-9H2,1-3H3. The molecule has 0 radical (unpaired) electrons. The normalized spacial score (nSPS) is 12.9. The summed E-state index contributed by atoms with van der Waals surface area (Å²) in [7, 11) is 0. The van der Waals surface area contributed by atoms with Gasteiger partial charge in [-0.3, -0.25) is 4.68 Å². The number of aromatic nitrogens is 2. The maximum Gasteiger partial charge on any atom is 0.0537 e. The molecule has 1 heterocycles. The quantitative estimate of drug-likeness (QED) is 0.672. The fourth-order valence-corrected chi connectivity index (χ4v) is 1.63. The average Bonchev–Trinajstić information content (AvgIpc) is 2.82. The molecule has 0 fully saturated rings. The van der Waals surface area contributed by atoms with Gasteiger partial charge in [0, 0.05) is 37.6 Å². The minimum Gasteiger partial charge on any atom is -0.381 e. The van der Waals surface area contributed by atoms with Crippen LogP contribution in [0.15, 0.2) is 12.4 Å². The lowest BCUT2D eigenvalue weighted by Crippen LogP contribution is -2.20. The van der Waals surface area contributed by atoms with E-state index >= 15 is 0 Å². The zero-order valence-electron chi connectivity index (χ0n) is 11.3. The molecule has 0 saturated heterocycles. The molecule has 0 bridgehead atoms. The van der Waals surface area contributed by atoms with E-state index in [-0.39, 0.29) is 0 Å². The van der Waals surface area contributed by atoms with Crippen LogP contribution in [0.5, 0.6) is 0 Å². The van der Waals surface area contributed by atoms with Crippen LogP contribution in [0.1, 0.15) is 45.2 Å². The first kappa shape index (κ1) is 14.2. The predicted octanol–water partition coefficient (Wildman–Crippen LogP) is 2.37. The number of hydrogen-bond donors (Lipinski definition) is 1. The third-order valence-electron chi connectivity index (χ3n) is 2.74. The summed E-state index contributed by atoms with van der Waals surface area (Å²) in [6.07, 6.45) is 6.20. The topological polar surface area (TPSA) is 39.1 Å². The molecule has 98 valence electrons. The van der Waals surface area contributed by atoms with Crippen molar-refractivity contribution in [2.45, 2.75) is 46.2 Å². The predicted molar refractivity (Wildman–Crippen MR) is 70.0 cm³/mol. The molecule has 4 nitrogen and oxygen atoms in total. The van der Waals surface area contributed by atoms with Crippen LogP contribution < -0.4 is 5.32 Å². The molecule has 0 aliphatic carbocycles. The molecule has 4 heteroatoms. The molecule has 1 unspecified atom stereocenters. The lowest BCUT2D eigenvalue weighted by Gasteiger charge is -2.11. The largest absolute Gasteiger partial charge is 0.381 e. The van der Waals surface area contributed by atoms with Crippen molar-refractivity contribution in [2.24, 2.45) is 0 Å². The summed E-state index contributed by atoms with van der Waals surface area (Å²) in [5.41, 5.74) is 1.25. The van der Waals surface area contributed by atoms with Gasteiger partial charge in [0.25, 0.3) is 0 Å². The highest BCUT2D eigenvalue weighted by Gasteiger charge is 2.06. The Labute approximate surface area is 104 Å². The SMILES string of the molecule is CCCOCCCNC(C)c1cnn(CC)c1. The Hall–Kier alpha value is -0.870. The van der Waals surface area contributed by atoms with Crippen LogP contribution in [0.2, 0.25) is 0 Å². The van der Waals surface area contributed by atoms with Crippen LogP contribution in [0.4, 0.5) is 0 Å². The molecule has 0 aromatic carbocycles. The van der Waals surface area contributed by atoms with Crippen molar-refractivity contribution < 1.29 is 4.74 Å². The van der Waals surface area contributed by atoms with Gasteiger partial charge in [-0.1, -0.05) is 6.92 Å². The van der Waals surface area contributed by atoms with E-state index in [1.54, 1.807) is 0 Å². The van der Waals surface area contributed by atoms with Gasteiger partial charge in [-0.15, -0.1) is 0 Å². The first-order valence-electron chi connectivity index (χ1n) is 6.61. The molecule has 17 heavy (non-hydrogen) atoms. The molecule has 0 aliphatic heterocycles. The maximum absolute atomic E-state index is 5.44. The minimum absolute atomic E-state index is 0.362. The average molecular weight is 239 g/mol. The number of aryl methyl sites for hydroxylation is 1. The summed E-state index contributed by atoms with van der Waals surface area (Å²) < 4.78 is 7.39. The lowest BCUT2D eigenvalue weighted by molar-refractivity contribution is 0.132. The molecule has 1 aromatic heterocycles. The van der Waals surface area contributed by atoms with Gasteiger partial charge in [-0.25, -0.2) is 0 Å². The second-order valence-corrected chi connectivity index (χ2v) is 4.27. The van der Waals surface area contributed by atoms with E-state index in [9.17, 15) is 0 Å². The van der Waals surface area contributed by atoms with Crippen LogP contribution in [-0.4, -0.2) is 29.5 Å². The van der Waals surface area contributed by atoms with Crippen molar-refractivity contribution in [3.05, 3.63) is 18.0 Å². The van der Waals surface area contributed by atoms with Gasteiger partial charge in [-0.2, -0.15) is 5.10 Å². The van der Waals surface area contributed by atoms with E-state index in [2.05, 4.69) is 37.4 Å². The molecule has 0 aliphatic rings. The number of rotatable bonds is 9. The third-order valence-corrected chi connectivity index (χ3v) is 2.74. The second kappa shape index (κ2) is 8.25. The van der Waals surface area contributed by atoms with Gasteiger partial charge < -0.3 is 10.1 Å². The maximum atomic E-state index is 5.44. The van der Waals surface area contributed by atoms with Crippen LogP contribution in [0.25, 0.3) is 0 Å². The monoisotopic (exact) mass is 239 g/mol. The summed E-state index contributed by atoms with van der Waals surface area (Å²) in [5.74, 6) is 0. The Bertz CT molecular complexity index is 299. The molecule has 1 N–H and O–H groups in total. The van der Waals surface area contributed by atoms with Crippen molar-refractivity contribution >= 4 is 0 Å². The highest BCUT2D eigenvalue weighted by Crippen LogP contribution is 2.10. The molecular formula is C13H25N3O. The first-order chi connectivity index (χ1) is 8.27. The van der Waals surface area contributed by atoms with Crippen molar-refractivity contribution in [2.75, 3.05) is 19.8 Å². The van der Waals surface area contributed by atoms with Crippen molar-refractivity contribution in [1.82, 2.24) is 15.1 Å². The number of nitrogens with zero attached hydrogens (tertiary/aromatic N) is 2. The Kier molecular flexibility index (Phi) is 6.89. The smallest absolute Gasteiger partial charge is 0.0537 e. The lowest BCUT2D eigenvalue weighted by atomic mass is 10.2. The Morgan fingerprint density at radius 3 is 2.88 bits per heavy atom. The highest BCUT2D eigenvalue weighted by atomic mass is 16.5. The zero-order valence-corrected chi connectivity index (χ0v) is 11.3. The van der Waals surface area contributed by atoms with Crippen molar-refractivity contribution in [3.63, 3.8) is 0 Å². The number of nitrogens with one attached hydrogen (secondary N) is 1. The Morgan fingerprint density at radius 2 is 2.24 bits per heavy atom. The molecule has 0 amide bonds. The fourth-order valence-electron chi connectivity index (χ4n) is 1.63. The van der Waals surface area contributed by atoms with Gasteiger partial charge in [0.1, 0.15) is 0 Å². The second-order valence-electron chi connectivity index (χ2n) is 4.27. The summed E-state index contributed by atoms with van der Waals surface area (Å²) in [4.78, 5) is 0. The van der Waals surface area contributed by atoms with Gasteiger partial charge >= 0.3 is 0 Å². The third kappa shape index (κ3) is 5.33. The van der Waals surface area contributed by atoms with E-state index in [0.29, 0.717) is 6.04 Å². The fraction of sp³-hybridized carbons (Fsp3) is 0.769. The number of hydrogen-bond acceptors (Lipinski definition) is 3. The number of ether oxygens (including phenoxy) is 1. The van der Waals surface area contributed by atoms with Gasteiger partial charge in [0.15, 0.2) is 0 Å². The minimum atomic E-state index is 0.362. The summed E-state index contributed by atoms with van der Waals surface area (Å²) in [6.45, 7) is 10.0. The molecule has 1 rings (SSSR count). The van der Waals surface area contributed by atoms with Crippen LogP contribution in [0, 0.1) is 0 Å². The Morgan fingerprint density at radius 1 is 1.41 bits per heavy atom.